The second kappa shape index (κ2) is 7.43. The second-order valence-corrected chi connectivity index (χ2v) is 5.87. The third kappa shape index (κ3) is 3.74. The monoisotopic (exact) mass is 290 g/mol. The van der Waals surface area contributed by atoms with Gasteiger partial charge in [0.25, 0.3) is 11.6 Å². The molecule has 4 nitrogen and oxygen atoms in total. The first kappa shape index (κ1) is 15.8. The van der Waals surface area contributed by atoms with E-state index in [0.717, 1.165) is 19.8 Å². The number of nitrogens with zero attached hydrogens (tertiary/aromatic N) is 4. The molecular formula is C17H30N4+2. The van der Waals surface area contributed by atoms with Crippen LogP contribution in [0.1, 0.15) is 51.2 Å². The standard InChI is InChI=1S/C17H30N4/c1-5-7-9-18-11-13-20(16(18)3)15-21-14-12-19(17(21)4)10-8-6-2/h11-14H,5-10,15H2,1-4H3/q+2. The van der Waals surface area contributed by atoms with Gasteiger partial charge in [-0.2, -0.15) is 9.13 Å². The molecule has 0 bridgehead atoms. The molecule has 0 aliphatic heterocycles. The van der Waals surface area contributed by atoms with Crippen molar-refractivity contribution < 1.29 is 9.13 Å². The van der Waals surface area contributed by atoms with Crippen molar-refractivity contribution in [2.24, 2.45) is 0 Å². The van der Waals surface area contributed by atoms with Crippen LogP contribution in [-0.4, -0.2) is 9.13 Å². The third-order valence-corrected chi connectivity index (χ3v) is 4.33. The highest BCUT2D eigenvalue weighted by molar-refractivity contribution is 4.80. The van der Waals surface area contributed by atoms with Crippen molar-refractivity contribution in [2.45, 2.75) is 73.1 Å². The highest BCUT2D eigenvalue weighted by atomic mass is 15.3. The molecule has 0 spiro atoms. The van der Waals surface area contributed by atoms with E-state index in [-0.39, 0.29) is 0 Å². The van der Waals surface area contributed by atoms with Gasteiger partial charge in [-0.05, 0) is 12.8 Å². The molecule has 0 atom stereocenters. The van der Waals surface area contributed by atoms with Crippen LogP contribution in [0.2, 0.25) is 0 Å². The zero-order valence-corrected chi connectivity index (χ0v) is 14.0. The molecule has 4 heteroatoms. The summed E-state index contributed by atoms with van der Waals surface area (Å²) >= 11 is 0. The molecule has 0 radical (unpaired) electrons. The lowest BCUT2D eigenvalue weighted by atomic mass is 10.3. The van der Waals surface area contributed by atoms with E-state index < -0.39 is 0 Å². The van der Waals surface area contributed by atoms with Gasteiger partial charge in [0.05, 0.1) is 13.1 Å². The molecule has 2 rings (SSSR count). The van der Waals surface area contributed by atoms with Gasteiger partial charge in [-0.25, -0.2) is 9.13 Å². The molecular weight excluding hydrogens is 260 g/mol. The number of hydrogen-bond acceptors (Lipinski definition) is 0. The Hall–Kier alpha value is -1.58. The number of unbranched alkanes of at least 4 members (excludes halogenated alkanes) is 2. The van der Waals surface area contributed by atoms with Gasteiger partial charge in [0.1, 0.15) is 24.8 Å². The van der Waals surface area contributed by atoms with Crippen LogP contribution >= 0.6 is 0 Å². The first-order valence-electron chi connectivity index (χ1n) is 8.27. The minimum absolute atomic E-state index is 0.899. The summed E-state index contributed by atoms with van der Waals surface area (Å²) in [5.74, 6) is 2.66. The van der Waals surface area contributed by atoms with Gasteiger partial charge >= 0.3 is 0 Å². The van der Waals surface area contributed by atoms with Crippen LogP contribution in [0.3, 0.4) is 0 Å². The summed E-state index contributed by atoms with van der Waals surface area (Å²) in [6, 6.07) is 0. The maximum Gasteiger partial charge on any atom is 0.256 e. The van der Waals surface area contributed by atoms with Crippen molar-refractivity contribution in [3.8, 4) is 0 Å². The van der Waals surface area contributed by atoms with Gasteiger partial charge in [-0.1, -0.05) is 26.7 Å². The van der Waals surface area contributed by atoms with Crippen molar-refractivity contribution in [3.63, 3.8) is 0 Å². The largest absolute Gasteiger partial charge is 0.256 e. The normalized spacial score (nSPS) is 11.2. The molecule has 0 saturated carbocycles. The predicted molar refractivity (Wildman–Crippen MR) is 83.9 cm³/mol. The maximum absolute atomic E-state index is 2.35. The fourth-order valence-corrected chi connectivity index (χ4v) is 2.68. The Balaban J connectivity index is 2.08. The Morgan fingerprint density at radius 1 is 0.810 bits per heavy atom. The minimum Gasteiger partial charge on any atom is -0.234 e. The maximum atomic E-state index is 2.35. The van der Waals surface area contributed by atoms with E-state index in [1.807, 2.05) is 0 Å². The van der Waals surface area contributed by atoms with Gasteiger partial charge in [0, 0.05) is 13.8 Å². The van der Waals surface area contributed by atoms with E-state index in [2.05, 4.69) is 70.8 Å². The summed E-state index contributed by atoms with van der Waals surface area (Å²) in [7, 11) is 0. The highest BCUT2D eigenvalue weighted by Crippen LogP contribution is 2.00. The molecule has 0 unspecified atom stereocenters. The van der Waals surface area contributed by atoms with Crippen molar-refractivity contribution in [1.82, 2.24) is 9.13 Å². The lowest BCUT2D eigenvalue weighted by molar-refractivity contribution is -0.917. The molecule has 2 aromatic heterocycles. The van der Waals surface area contributed by atoms with Gasteiger partial charge in [-0.15, -0.1) is 0 Å². The van der Waals surface area contributed by atoms with Crippen LogP contribution in [-0.2, 0) is 19.8 Å². The van der Waals surface area contributed by atoms with Gasteiger partial charge in [0.15, 0.2) is 0 Å². The molecule has 0 amide bonds. The summed E-state index contributed by atoms with van der Waals surface area (Å²) < 4.78 is 9.36. The Kier molecular flexibility index (Phi) is 5.59. The smallest absolute Gasteiger partial charge is 0.234 e. The zero-order valence-electron chi connectivity index (χ0n) is 14.0. The van der Waals surface area contributed by atoms with E-state index in [1.54, 1.807) is 0 Å². The number of aromatic nitrogens is 4. The van der Waals surface area contributed by atoms with E-state index in [4.69, 9.17) is 0 Å². The fraction of sp³-hybridized carbons (Fsp3) is 0.647. The Morgan fingerprint density at radius 3 is 1.62 bits per heavy atom. The zero-order chi connectivity index (χ0) is 15.2. The van der Waals surface area contributed by atoms with Crippen LogP contribution in [0.4, 0.5) is 0 Å². The average molecular weight is 290 g/mol. The number of imidazole rings is 2. The SMILES string of the molecule is CCCCn1cc[n+](C[n+]2ccn(CCCC)c2C)c1C. The minimum atomic E-state index is 0.899. The van der Waals surface area contributed by atoms with E-state index in [0.29, 0.717) is 0 Å². The molecule has 2 heterocycles. The quantitative estimate of drug-likeness (QED) is 0.665. The van der Waals surface area contributed by atoms with E-state index in [9.17, 15) is 0 Å². The van der Waals surface area contributed by atoms with Crippen molar-refractivity contribution in [3.05, 3.63) is 36.4 Å². The molecule has 0 aromatic carbocycles. The number of aryl methyl sites for hydroxylation is 2. The second-order valence-electron chi connectivity index (χ2n) is 5.87. The van der Waals surface area contributed by atoms with Crippen molar-refractivity contribution >= 4 is 0 Å². The highest BCUT2D eigenvalue weighted by Gasteiger charge is 2.17. The van der Waals surface area contributed by atoms with Crippen LogP contribution < -0.4 is 9.13 Å². The number of rotatable bonds is 8. The average Bonchev–Trinajstić information content (AvgIpc) is 3.00. The summed E-state index contributed by atoms with van der Waals surface area (Å²) in [5.41, 5.74) is 0. The molecule has 0 fully saturated rings. The first-order valence-corrected chi connectivity index (χ1v) is 8.27. The third-order valence-electron chi connectivity index (χ3n) is 4.33. The molecule has 0 N–H and O–H groups in total. The molecule has 21 heavy (non-hydrogen) atoms. The molecule has 0 aliphatic rings. The Morgan fingerprint density at radius 2 is 1.24 bits per heavy atom. The van der Waals surface area contributed by atoms with E-state index >= 15 is 0 Å². The number of hydrogen-bond donors (Lipinski definition) is 0. The van der Waals surface area contributed by atoms with Crippen LogP contribution in [0, 0.1) is 13.8 Å². The van der Waals surface area contributed by atoms with Gasteiger partial charge in [-0.3, -0.25) is 0 Å². The van der Waals surface area contributed by atoms with Crippen molar-refractivity contribution in [2.75, 3.05) is 0 Å². The molecule has 0 saturated heterocycles. The lowest BCUT2D eigenvalue weighted by Crippen LogP contribution is -2.53. The van der Waals surface area contributed by atoms with Gasteiger partial charge < -0.3 is 0 Å². The van der Waals surface area contributed by atoms with Crippen LogP contribution in [0.5, 0.6) is 0 Å². The summed E-state index contributed by atoms with van der Waals surface area (Å²) in [6.07, 6.45) is 13.8. The Bertz CT molecular complexity index is 515. The molecule has 0 aliphatic carbocycles. The Labute approximate surface area is 128 Å². The summed E-state index contributed by atoms with van der Waals surface area (Å²) in [4.78, 5) is 0. The summed E-state index contributed by atoms with van der Waals surface area (Å²) in [5, 5.41) is 0. The fourth-order valence-electron chi connectivity index (χ4n) is 2.68. The first-order chi connectivity index (χ1) is 10.2. The topological polar surface area (TPSA) is 17.6 Å². The van der Waals surface area contributed by atoms with Gasteiger partial charge in [0.2, 0.25) is 6.67 Å². The lowest BCUT2D eigenvalue weighted by Gasteiger charge is -2.01. The van der Waals surface area contributed by atoms with Crippen molar-refractivity contribution in [1.29, 1.82) is 0 Å². The summed E-state index contributed by atoms with van der Waals surface area (Å²) in [6.45, 7) is 12.0. The predicted octanol–water partition coefficient (Wildman–Crippen LogP) is 2.59. The molecule has 2 aromatic rings. The van der Waals surface area contributed by atoms with Crippen LogP contribution in [0.15, 0.2) is 24.8 Å². The molecule has 116 valence electrons. The van der Waals surface area contributed by atoms with E-state index in [1.165, 1.54) is 37.3 Å². The van der Waals surface area contributed by atoms with Crippen LogP contribution in [0.25, 0.3) is 0 Å².